The topological polar surface area (TPSA) is 60.6 Å². The van der Waals surface area contributed by atoms with Gasteiger partial charge in [0, 0.05) is 5.69 Å². The van der Waals surface area contributed by atoms with Crippen molar-refractivity contribution in [2.24, 2.45) is 10.1 Å². The van der Waals surface area contributed by atoms with E-state index in [1.54, 1.807) is 0 Å². The lowest BCUT2D eigenvalue weighted by atomic mass is 10.3. The second kappa shape index (κ2) is 5.55. The zero-order chi connectivity index (χ0) is 11.9. The van der Waals surface area contributed by atoms with Crippen molar-refractivity contribution < 1.29 is 0 Å². The summed E-state index contributed by atoms with van der Waals surface area (Å²) in [5, 5.41) is 6.34. The second-order valence-electron chi connectivity index (χ2n) is 3.37. The highest BCUT2D eigenvalue weighted by Gasteiger charge is 1.97. The first kappa shape index (κ1) is 11.0. The molecule has 0 heterocycles. The summed E-state index contributed by atoms with van der Waals surface area (Å²) in [5.74, 6) is 0.266. The summed E-state index contributed by atoms with van der Waals surface area (Å²) in [6, 6.07) is 19.0. The van der Waals surface area contributed by atoms with Gasteiger partial charge in [0.05, 0.1) is 5.69 Å². The molecule has 4 nitrogen and oxygen atoms in total. The standard InChI is InChI=1S/C13H12N4/c14-17-13(15-11-7-3-1-4-8-11)16-12-9-5-2-6-10-12/h1-10,14H,(H,15,16). The summed E-state index contributed by atoms with van der Waals surface area (Å²) in [6.45, 7) is 0. The van der Waals surface area contributed by atoms with Crippen LogP contribution in [0.2, 0.25) is 0 Å². The highest BCUT2D eigenvalue weighted by atomic mass is 15.2. The lowest BCUT2D eigenvalue weighted by Gasteiger charge is -2.03. The molecule has 2 aromatic carbocycles. The maximum Gasteiger partial charge on any atom is 0.246 e. The molecule has 2 N–H and O–H groups in total. The van der Waals surface area contributed by atoms with E-state index in [2.05, 4.69) is 15.4 Å². The average Bonchev–Trinajstić information content (AvgIpc) is 2.40. The van der Waals surface area contributed by atoms with Gasteiger partial charge < -0.3 is 5.32 Å². The van der Waals surface area contributed by atoms with Crippen LogP contribution in [-0.2, 0) is 0 Å². The summed E-state index contributed by atoms with van der Waals surface area (Å²) in [6.07, 6.45) is 0. The molecular formula is C13H12N4. The van der Waals surface area contributed by atoms with E-state index in [-0.39, 0.29) is 5.96 Å². The summed E-state index contributed by atoms with van der Waals surface area (Å²) in [5.41, 5.74) is 8.72. The quantitative estimate of drug-likeness (QED) is 0.454. The molecule has 2 rings (SSSR count). The van der Waals surface area contributed by atoms with Gasteiger partial charge in [-0.1, -0.05) is 36.4 Å². The van der Waals surface area contributed by atoms with Crippen molar-refractivity contribution in [3.8, 4) is 0 Å². The Morgan fingerprint density at radius 3 is 2.06 bits per heavy atom. The molecule has 84 valence electrons. The molecule has 17 heavy (non-hydrogen) atoms. The van der Waals surface area contributed by atoms with Gasteiger partial charge in [-0.3, -0.25) is 0 Å². The van der Waals surface area contributed by atoms with Crippen LogP contribution in [0.1, 0.15) is 0 Å². The van der Waals surface area contributed by atoms with Crippen molar-refractivity contribution in [3.63, 3.8) is 0 Å². The highest BCUT2D eigenvalue weighted by molar-refractivity contribution is 5.95. The van der Waals surface area contributed by atoms with E-state index in [9.17, 15) is 0 Å². The van der Waals surface area contributed by atoms with E-state index < -0.39 is 0 Å². The van der Waals surface area contributed by atoms with E-state index >= 15 is 0 Å². The molecule has 0 aliphatic carbocycles. The van der Waals surface area contributed by atoms with Gasteiger partial charge in [-0.2, -0.15) is 0 Å². The number of hydrogen-bond acceptors (Lipinski definition) is 2. The summed E-state index contributed by atoms with van der Waals surface area (Å²) in [7, 11) is 0. The number of nitrogens with one attached hydrogen (secondary N) is 2. The monoisotopic (exact) mass is 224 g/mol. The molecule has 4 heteroatoms. The third-order valence-corrected chi connectivity index (χ3v) is 2.13. The van der Waals surface area contributed by atoms with Crippen LogP contribution in [0.3, 0.4) is 0 Å². The zero-order valence-corrected chi connectivity index (χ0v) is 9.17. The minimum absolute atomic E-state index is 0.266. The minimum Gasteiger partial charge on any atom is -0.323 e. The van der Waals surface area contributed by atoms with Gasteiger partial charge in [0.2, 0.25) is 5.96 Å². The lowest BCUT2D eigenvalue weighted by Crippen LogP contribution is -2.07. The average molecular weight is 224 g/mol. The normalized spacial score (nSPS) is 10.9. The fraction of sp³-hybridized carbons (Fsp3) is 0. The van der Waals surface area contributed by atoms with Gasteiger partial charge in [0.25, 0.3) is 0 Å². The first-order valence-corrected chi connectivity index (χ1v) is 5.22. The third kappa shape index (κ3) is 3.24. The van der Waals surface area contributed by atoms with Gasteiger partial charge in [-0.15, -0.1) is 5.11 Å². The van der Waals surface area contributed by atoms with Crippen molar-refractivity contribution in [3.05, 3.63) is 60.7 Å². The van der Waals surface area contributed by atoms with Gasteiger partial charge in [0.15, 0.2) is 0 Å². The summed E-state index contributed by atoms with van der Waals surface area (Å²) in [4.78, 5) is 4.22. The van der Waals surface area contributed by atoms with Gasteiger partial charge in [0.1, 0.15) is 0 Å². The number of hydrogen-bond donors (Lipinski definition) is 2. The summed E-state index contributed by atoms with van der Waals surface area (Å²) < 4.78 is 0. The van der Waals surface area contributed by atoms with Crippen molar-refractivity contribution in [2.45, 2.75) is 0 Å². The van der Waals surface area contributed by atoms with Crippen LogP contribution in [-0.4, -0.2) is 5.96 Å². The molecule has 0 amide bonds. The molecule has 0 fully saturated rings. The minimum atomic E-state index is 0.266. The predicted molar refractivity (Wildman–Crippen MR) is 68.7 cm³/mol. The van der Waals surface area contributed by atoms with E-state index in [4.69, 9.17) is 5.53 Å². The molecule has 0 radical (unpaired) electrons. The van der Waals surface area contributed by atoms with Gasteiger partial charge in [-0.05, 0) is 24.3 Å². The maximum absolute atomic E-state index is 7.09. The van der Waals surface area contributed by atoms with Crippen LogP contribution < -0.4 is 5.32 Å². The fourth-order valence-corrected chi connectivity index (χ4v) is 1.36. The van der Waals surface area contributed by atoms with E-state index in [0.717, 1.165) is 11.4 Å². The predicted octanol–water partition coefficient (Wildman–Crippen LogP) is 3.82. The smallest absolute Gasteiger partial charge is 0.246 e. The van der Waals surface area contributed by atoms with E-state index in [1.807, 2.05) is 60.7 Å². The number of para-hydroxylation sites is 2. The van der Waals surface area contributed by atoms with E-state index in [0.29, 0.717) is 0 Å². The number of guanidine groups is 1. The Bertz CT molecular complexity index is 505. The number of rotatable bonds is 2. The van der Waals surface area contributed by atoms with Crippen molar-refractivity contribution in [1.82, 2.24) is 0 Å². The van der Waals surface area contributed by atoms with E-state index in [1.165, 1.54) is 0 Å². The number of anilines is 1. The molecule has 0 unspecified atom stereocenters. The number of aliphatic imine (C=N–C) groups is 1. The Kier molecular flexibility index (Phi) is 3.60. The van der Waals surface area contributed by atoms with Crippen LogP contribution >= 0.6 is 0 Å². The first-order valence-electron chi connectivity index (χ1n) is 5.22. The SMILES string of the molecule is N=NC(=Nc1ccccc1)Nc1ccccc1. The lowest BCUT2D eigenvalue weighted by molar-refractivity contribution is 1.17. The summed E-state index contributed by atoms with van der Waals surface area (Å²) >= 11 is 0. The molecule has 0 atom stereocenters. The van der Waals surface area contributed by atoms with Crippen LogP contribution in [0.15, 0.2) is 70.8 Å². The van der Waals surface area contributed by atoms with Crippen LogP contribution in [0, 0.1) is 5.53 Å². The Morgan fingerprint density at radius 1 is 0.882 bits per heavy atom. The Labute approximate surface area is 99.5 Å². The number of nitrogens with zero attached hydrogens (tertiary/aromatic N) is 2. The molecular weight excluding hydrogens is 212 g/mol. The molecule has 0 aromatic heterocycles. The van der Waals surface area contributed by atoms with Crippen LogP contribution in [0.5, 0.6) is 0 Å². The molecule has 0 saturated carbocycles. The Hall–Kier alpha value is -2.49. The molecule has 0 spiro atoms. The number of benzene rings is 2. The van der Waals surface area contributed by atoms with Crippen molar-refractivity contribution >= 4 is 17.3 Å². The maximum atomic E-state index is 7.09. The molecule has 0 bridgehead atoms. The molecule has 2 aromatic rings. The molecule has 0 aliphatic rings. The second-order valence-corrected chi connectivity index (χ2v) is 3.37. The fourth-order valence-electron chi connectivity index (χ4n) is 1.36. The Balaban J connectivity index is 2.18. The zero-order valence-electron chi connectivity index (χ0n) is 9.17. The van der Waals surface area contributed by atoms with Crippen LogP contribution in [0.4, 0.5) is 11.4 Å². The molecule has 0 saturated heterocycles. The largest absolute Gasteiger partial charge is 0.323 e. The third-order valence-electron chi connectivity index (χ3n) is 2.13. The highest BCUT2D eigenvalue weighted by Crippen LogP contribution is 2.12. The van der Waals surface area contributed by atoms with Crippen LogP contribution in [0.25, 0.3) is 0 Å². The van der Waals surface area contributed by atoms with Gasteiger partial charge >= 0.3 is 0 Å². The van der Waals surface area contributed by atoms with Gasteiger partial charge in [-0.25, -0.2) is 10.5 Å². The Morgan fingerprint density at radius 2 is 1.47 bits per heavy atom. The van der Waals surface area contributed by atoms with Crippen molar-refractivity contribution in [1.29, 1.82) is 5.53 Å². The molecule has 0 aliphatic heterocycles. The van der Waals surface area contributed by atoms with Crippen molar-refractivity contribution in [2.75, 3.05) is 5.32 Å². The first-order chi connectivity index (χ1) is 8.38.